The molecule has 22 heavy (non-hydrogen) atoms. The van der Waals surface area contributed by atoms with Crippen LogP contribution in [0.1, 0.15) is 39.0 Å². The average molecular weight is 322 g/mol. The Bertz CT molecular complexity index is 566. The minimum Gasteiger partial charge on any atom is -0.307 e. The number of hydrogen-bond donors (Lipinski definition) is 0. The minimum absolute atomic E-state index is 0.0503. The second-order valence-corrected chi connectivity index (χ2v) is 7.00. The number of carbonyl (C=O) groups excluding carboxylic acids is 1. The number of amides is 2. The molecule has 1 aliphatic rings. The van der Waals surface area contributed by atoms with Gasteiger partial charge in [-0.3, -0.25) is 9.80 Å². The van der Waals surface area contributed by atoms with Crippen LogP contribution in [-0.4, -0.2) is 46.1 Å². The zero-order valence-corrected chi connectivity index (χ0v) is 15.0. The summed E-state index contributed by atoms with van der Waals surface area (Å²) in [4.78, 5) is 18.8. The van der Waals surface area contributed by atoms with Gasteiger partial charge in [-0.25, -0.2) is 4.79 Å². The molecule has 5 nitrogen and oxygen atoms in total. The lowest BCUT2D eigenvalue weighted by Crippen LogP contribution is -2.60. The molecule has 0 unspecified atom stereocenters. The molecule has 0 atom stereocenters. The molecule has 0 spiro atoms. The number of urea groups is 1. The van der Waals surface area contributed by atoms with Gasteiger partial charge in [0.2, 0.25) is 0 Å². The lowest BCUT2D eigenvalue weighted by Gasteiger charge is -2.43. The van der Waals surface area contributed by atoms with E-state index in [9.17, 15) is 4.79 Å². The summed E-state index contributed by atoms with van der Waals surface area (Å²) >= 11 is 1.43. The molecule has 6 heteroatoms. The third-order valence-corrected chi connectivity index (χ3v) is 4.96. The largest absolute Gasteiger partial charge is 0.327 e. The van der Waals surface area contributed by atoms with Crippen LogP contribution < -0.4 is 4.90 Å². The number of anilines is 1. The van der Waals surface area contributed by atoms with Gasteiger partial charge in [0.1, 0.15) is 5.00 Å². The standard InChI is InChI=1S/C16H26N4OS/c1-7-14-13(6)15(22-17-14)20-10-19(12(4)5)9-18(16(20)21)8-11(2)3/h12H,2,7-10H2,1,3-6H3. The molecule has 2 heterocycles. The van der Waals surface area contributed by atoms with E-state index in [4.69, 9.17) is 0 Å². The molecule has 1 aliphatic heterocycles. The molecule has 1 aromatic heterocycles. The maximum atomic E-state index is 12.8. The molecule has 0 aliphatic carbocycles. The van der Waals surface area contributed by atoms with E-state index < -0.39 is 0 Å². The first-order valence-corrected chi connectivity index (χ1v) is 8.52. The molecule has 1 fully saturated rings. The molecule has 0 aromatic carbocycles. The van der Waals surface area contributed by atoms with Crippen molar-refractivity contribution in [3.05, 3.63) is 23.4 Å². The number of rotatable bonds is 5. The number of aryl methyl sites for hydroxylation is 1. The van der Waals surface area contributed by atoms with Crippen LogP contribution in [0.15, 0.2) is 12.2 Å². The average Bonchev–Trinajstić information content (AvgIpc) is 2.81. The van der Waals surface area contributed by atoms with E-state index in [2.05, 4.69) is 43.5 Å². The van der Waals surface area contributed by atoms with Crippen molar-refractivity contribution in [2.75, 3.05) is 24.8 Å². The van der Waals surface area contributed by atoms with Gasteiger partial charge in [0.25, 0.3) is 0 Å². The van der Waals surface area contributed by atoms with Gasteiger partial charge in [-0.15, -0.1) is 0 Å². The molecule has 0 bridgehead atoms. The fraction of sp³-hybridized carbons (Fsp3) is 0.625. The first kappa shape index (κ1) is 17.0. The van der Waals surface area contributed by atoms with Crippen LogP contribution in [0, 0.1) is 6.92 Å². The van der Waals surface area contributed by atoms with Crippen molar-refractivity contribution in [2.45, 2.75) is 47.1 Å². The molecular weight excluding hydrogens is 296 g/mol. The van der Waals surface area contributed by atoms with Crippen molar-refractivity contribution in [1.29, 1.82) is 0 Å². The van der Waals surface area contributed by atoms with Crippen molar-refractivity contribution in [3.8, 4) is 0 Å². The van der Waals surface area contributed by atoms with Gasteiger partial charge in [-0.2, -0.15) is 4.37 Å². The van der Waals surface area contributed by atoms with E-state index in [1.165, 1.54) is 11.5 Å². The van der Waals surface area contributed by atoms with Crippen molar-refractivity contribution in [2.24, 2.45) is 0 Å². The van der Waals surface area contributed by atoms with Gasteiger partial charge >= 0.3 is 6.03 Å². The van der Waals surface area contributed by atoms with Crippen LogP contribution in [0.5, 0.6) is 0 Å². The Balaban J connectivity index is 2.32. The number of carbonyl (C=O) groups is 1. The predicted octanol–water partition coefficient (Wildman–Crippen LogP) is 3.46. The SMILES string of the molecule is C=C(C)CN1CN(C(C)C)CN(c2snc(CC)c2C)C1=O. The smallest absolute Gasteiger partial charge is 0.307 e. The Kier molecular flexibility index (Phi) is 5.24. The van der Waals surface area contributed by atoms with Crippen molar-refractivity contribution in [3.63, 3.8) is 0 Å². The van der Waals surface area contributed by atoms with Crippen LogP contribution in [-0.2, 0) is 6.42 Å². The summed E-state index contributed by atoms with van der Waals surface area (Å²) < 4.78 is 4.49. The fourth-order valence-corrected chi connectivity index (χ4v) is 3.55. The van der Waals surface area contributed by atoms with Crippen LogP contribution in [0.2, 0.25) is 0 Å². The monoisotopic (exact) mass is 322 g/mol. The van der Waals surface area contributed by atoms with Gasteiger partial charge in [0.15, 0.2) is 0 Å². The molecule has 2 rings (SSSR count). The van der Waals surface area contributed by atoms with Crippen molar-refractivity contribution < 1.29 is 4.79 Å². The number of aromatic nitrogens is 1. The topological polar surface area (TPSA) is 39.7 Å². The summed E-state index contributed by atoms with van der Waals surface area (Å²) in [6.45, 7) is 16.2. The summed E-state index contributed by atoms with van der Waals surface area (Å²) in [6, 6.07) is 0.427. The van der Waals surface area contributed by atoms with Crippen LogP contribution in [0.3, 0.4) is 0 Å². The van der Waals surface area contributed by atoms with E-state index in [0.29, 0.717) is 25.9 Å². The van der Waals surface area contributed by atoms with E-state index in [-0.39, 0.29) is 6.03 Å². The Morgan fingerprint density at radius 3 is 2.59 bits per heavy atom. The summed E-state index contributed by atoms with van der Waals surface area (Å²) in [5, 5.41) is 0.971. The summed E-state index contributed by atoms with van der Waals surface area (Å²) in [5.41, 5.74) is 3.21. The molecule has 1 saturated heterocycles. The highest BCUT2D eigenvalue weighted by Gasteiger charge is 2.34. The van der Waals surface area contributed by atoms with Gasteiger partial charge in [-0.05, 0) is 45.6 Å². The van der Waals surface area contributed by atoms with E-state index in [0.717, 1.165) is 28.3 Å². The summed E-state index contributed by atoms with van der Waals surface area (Å²) in [5.74, 6) is 0. The van der Waals surface area contributed by atoms with E-state index >= 15 is 0 Å². The van der Waals surface area contributed by atoms with Gasteiger partial charge in [0.05, 0.1) is 19.0 Å². The maximum Gasteiger partial charge on any atom is 0.327 e. The third kappa shape index (κ3) is 3.33. The normalized spacial score (nSPS) is 16.7. The highest BCUT2D eigenvalue weighted by Crippen LogP contribution is 2.31. The second kappa shape index (κ2) is 6.79. The second-order valence-electron chi connectivity index (χ2n) is 6.24. The first-order chi connectivity index (χ1) is 10.3. The molecule has 0 N–H and O–H groups in total. The lowest BCUT2D eigenvalue weighted by molar-refractivity contribution is 0.0993. The molecular formula is C16H26N4OS. The van der Waals surface area contributed by atoms with Crippen molar-refractivity contribution in [1.82, 2.24) is 14.2 Å². The molecule has 122 valence electrons. The lowest BCUT2D eigenvalue weighted by atomic mass is 10.2. The highest BCUT2D eigenvalue weighted by atomic mass is 32.1. The third-order valence-electron chi connectivity index (χ3n) is 3.94. The van der Waals surface area contributed by atoms with Gasteiger partial charge in [0, 0.05) is 18.2 Å². The molecule has 0 saturated carbocycles. The Morgan fingerprint density at radius 1 is 1.41 bits per heavy atom. The molecule has 0 radical (unpaired) electrons. The van der Waals surface area contributed by atoms with E-state index in [1.54, 1.807) is 0 Å². The first-order valence-electron chi connectivity index (χ1n) is 7.75. The number of hydrogen-bond acceptors (Lipinski definition) is 4. The maximum absolute atomic E-state index is 12.8. The minimum atomic E-state index is 0.0503. The van der Waals surface area contributed by atoms with E-state index in [1.807, 2.05) is 16.7 Å². The Labute approximate surface area is 137 Å². The van der Waals surface area contributed by atoms with Crippen LogP contribution in [0.4, 0.5) is 9.80 Å². The highest BCUT2D eigenvalue weighted by molar-refractivity contribution is 7.10. The number of nitrogens with zero attached hydrogens (tertiary/aromatic N) is 4. The zero-order valence-electron chi connectivity index (χ0n) is 14.2. The summed E-state index contributed by atoms with van der Waals surface area (Å²) in [7, 11) is 0. The quantitative estimate of drug-likeness (QED) is 0.779. The Hall–Kier alpha value is -1.40. The Morgan fingerprint density at radius 2 is 2.09 bits per heavy atom. The van der Waals surface area contributed by atoms with Crippen molar-refractivity contribution >= 4 is 22.6 Å². The fourth-order valence-electron chi connectivity index (χ4n) is 2.60. The van der Waals surface area contributed by atoms with Crippen LogP contribution in [0.25, 0.3) is 0 Å². The molecule has 1 aromatic rings. The molecule has 2 amide bonds. The van der Waals surface area contributed by atoms with Gasteiger partial charge < -0.3 is 4.90 Å². The van der Waals surface area contributed by atoms with Gasteiger partial charge in [-0.1, -0.05) is 19.1 Å². The zero-order chi connectivity index (χ0) is 16.4. The predicted molar refractivity (Wildman–Crippen MR) is 92.3 cm³/mol. The van der Waals surface area contributed by atoms with Crippen LogP contribution >= 0.6 is 11.5 Å². The summed E-state index contributed by atoms with van der Waals surface area (Å²) in [6.07, 6.45) is 0.897.